The van der Waals surface area contributed by atoms with Gasteiger partial charge in [-0.25, -0.2) is 9.97 Å². The molecule has 4 N–H and O–H groups in total. The molecule has 0 bridgehead atoms. The summed E-state index contributed by atoms with van der Waals surface area (Å²) in [5.41, 5.74) is 13.6. The summed E-state index contributed by atoms with van der Waals surface area (Å²) in [5, 5.41) is 0.645. The van der Waals surface area contributed by atoms with Crippen molar-refractivity contribution in [2.24, 2.45) is 0 Å². The van der Waals surface area contributed by atoms with Gasteiger partial charge in [-0.2, -0.15) is 0 Å². The molecule has 0 aliphatic rings. The molecule has 0 aliphatic carbocycles. The maximum absolute atomic E-state index is 13.7. The van der Waals surface area contributed by atoms with Crippen LogP contribution in [-0.2, 0) is 0 Å². The molecule has 0 amide bonds. The fourth-order valence-electron chi connectivity index (χ4n) is 3.61. The summed E-state index contributed by atoms with van der Waals surface area (Å²) in [7, 11) is 0. The number of hydrogen-bond acceptors (Lipinski definition) is 11. The van der Waals surface area contributed by atoms with Crippen molar-refractivity contribution in [3.8, 4) is 44.2 Å². The molecule has 0 unspecified atom stereocenters. The van der Waals surface area contributed by atoms with Gasteiger partial charge in [0.25, 0.3) is 0 Å². The van der Waals surface area contributed by atoms with Gasteiger partial charge >= 0.3 is 0 Å². The fourth-order valence-corrected chi connectivity index (χ4v) is 5.29. The van der Waals surface area contributed by atoms with Crippen LogP contribution in [0, 0.1) is 0 Å². The highest BCUT2D eigenvalue weighted by Gasteiger charge is 2.29. The molecule has 168 valence electrons. The van der Waals surface area contributed by atoms with Crippen molar-refractivity contribution < 1.29 is 22.5 Å². The SMILES string of the molecule is Nc1nc(-c2ccco2)c(-c2occc2C(=O)c2ccoc2-c2sc(N)nc2-c2ccco2)s1. The van der Waals surface area contributed by atoms with Crippen molar-refractivity contribution in [3.63, 3.8) is 0 Å². The number of thiazole rings is 2. The molecule has 6 aromatic heterocycles. The van der Waals surface area contributed by atoms with E-state index in [2.05, 4.69) is 9.97 Å². The lowest BCUT2D eigenvalue weighted by Gasteiger charge is -2.03. The van der Waals surface area contributed by atoms with E-state index in [1.807, 2.05) is 0 Å². The van der Waals surface area contributed by atoms with Gasteiger partial charge in [-0.05, 0) is 36.4 Å². The Morgan fingerprint density at radius 1 is 0.676 bits per heavy atom. The zero-order valence-electron chi connectivity index (χ0n) is 17.2. The van der Waals surface area contributed by atoms with Crippen LogP contribution in [0.4, 0.5) is 10.3 Å². The van der Waals surface area contributed by atoms with E-state index in [1.54, 1.807) is 36.4 Å². The Balaban J connectivity index is 1.45. The number of nitrogens with two attached hydrogens (primary N) is 2. The third kappa shape index (κ3) is 3.26. The van der Waals surface area contributed by atoms with Crippen LogP contribution in [0.5, 0.6) is 0 Å². The lowest BCUT2D eigenvalue weighted by Crippen LogP contribution is -2.01. The Bertz CT molecular complexity index is 1480. The monoisotopic (exact) mass is 490 g/mol. The molecule has 0 aromatic carbocycles. The summed E-state index contributed by atoms with van der Waals surface area (Å²) in [6.45, 7) is 0. The Hall–Kier alpha value is -4.35. The molecule has 0 saturated heterocycles. The molecule has 0 saturated carbocycles. The van der Waals surface area contributed by atoms with E-state index in [9.17, 15) is 4.79 Å². The number of carbonyl (C=O) groups is 1. The smallest absolute Gasteiger partial charge is 0.200 e. The fraction of sp³-hybridized carbons (Fsp3) is 0. The number of hydrogen-bond donors (Lipinski definition) is 2. The summed E-state index contributed by atoms with van der Waals surface area (Å²) < 4.78 is 22.4. The van der Waals surface area contributed by atoms with Crippen LogP contribution in [0.25, 0.3) is 44.2 Å². The Morgan fingerprint density at radius 2 is 1.15 bits per heavy atom. The minimum absolute atomic E-state index is 0.303. The van der Waals surface area contributed by atoms with Gasteiger partial charge in [-0.1, -0.05) is 22.7 Å². The third-order valence-electron chi connectivity index (χ3n) is 5.03. The van der Waals surface area contributed by atoms with Gasteiger partial charge in [-0.15, -0.1) is 0 Å². The van der Waals surface area contributed by atoms with Gasteiger partial charge in [0.2, 0.25) is 5.78 Å². The van der Waals surface area contributed by atoms with E-state index in [4.69, 9.17) is 29.1 Å². The second-order valence-electron chi connectivity index (χ2n) is 7.07. The van der Waals surface area contributed by atoms with E-state index < -0.39 is 0 Å². The van der Waals surface area contributed by atoms with Crippen LogP contribution in [0.3, 0.4) is 0 Å². The van der Waals surface area contributed by atoms with Gasteiger partial charge in [0.15, 0.2) is 33.3 Å². The Kier molecular flexibility index (Phi) is 4.71. The number of ketones is 1. The number of carbonyl (C=O) groups excluding carboxylic acids is 1. The summed E-state index contributed by atoms with van der Waals surface area (Å²) in [6, 6.07) is 10.2. The quantitative estimate of drug-likeness (QED) is 0.267. The minimum atomic E-state index is -0.303. The number of aromatic nitrogens is 2. The summed E-state index contributed by atoms with van der Waals surface area (Å²) in [5.74, 6) is 1.41. The van der Waals surface area contributed by atoms with Crippen LogP contribution in [0.2, 0.25) is 0 Å². The molecule has 0 spiro atoms. The zero-order chi connectivity index (χ0) is 23.2. The first kappa shape index (κ1) is 20.3. The van der Waals surface area contributed by atoms with E-state index >= 15 is 0 Å². The van der Waals surface area contributed by atoms with Crippen molar-refractivity contribution in [2.75, 3.05) is 11.5 Å². The van der Waals surface area contributed by atoms with Gasteiger partial charge in [0.1, 0.15) is 21.1 Å². The van der Waals surface area contributed by atoms with Crippen molar-refractivity contribution >= 4 is 38.7 Å². The van der Waals surface area contributed by atoms with Gasteiger partial charge in [0, 0.05) is 0 Å². The number of anilines is 2. The van der Waals surface area contributed by atoms with Crippen molar-refractivity contribution in [2.45, 2.75) is 0 Å². The highest BCUT2D eigenvalue weighted by molar-refractivity contribution is 7.19. The maximum atomic E-state index is 13.7. The van der Waals surface area contributed by atoms with Gasteiger partial charge < -0.3 is 29.1 Å². The molecular formula is C23H14N4O5S2. The average Bonchev–Trinajstić information content (AvgIpc) is 3.64. The highest BCUT2D eigenvalue weighted by atomic mass is 32.1. The molecule has 0 fully saturated rings. The molecule has 6 heterocycles. The first-order valence-electron chi connectivity index (χ1n) is 9.91. The second kappa shape index (κ2) is 7.90. The summed E-state index contributed by atoms with van der Waals surface area (Å²) in [4.78, 5) is 23.6. The van der Waals surface area contributed by atoms with E-state index in [-0.39, 0.29) is 5.78 Å². The van der Waals surface area contributed by atoms with E-state index in [0.29, 0.717) is 65.6 Å². The normalized spacial score (nSPS) is 11.3. The molecule has 6 aromatic rings. The molecule has 9 nitrogen and oxygen atoms in total. The van der Waals surface area contributed by atoms with E-state index in [1.165, 1.54) is 47.7 Å². The lowest BCUT2D eigenvalue weighted by molar-refractivity contribution is 0.103. The third-order valence-corrected chi connectivity index (χ3v) is 6.80. The standard InChI is InChI=1S/C23H14N4O5S2/c24-22-26-15(13-3-1-7-29-13)20(33-22)18-11(5-9-31-18)17(28)12-6-10-32-19(12)21-16(27-23(25)34-21)14-4-2-8-30-14/h1-10H,(H2,24,26)(H2,25,27). The van der Waals surface area contributed by atoms with Crippen LogP contribution in [0.1, 0.15) is 15.9 Å². The topological polar surface area (TPSA) is 147 Å². The Morgan fingerprint density at radius 3 is 1.56 bits per heavy atom. The number of nitrogen functional groups attached to an aromatic ring is 2. The summed E-state index contributed by atoms with van der Waals surface area (Å²) >= 11 is 2.41. The van der Waals surface area contributed by atoms with Crippen molar-refractivity contribution in [1.29, 1.82) is 0 Å². The van der Waals surface area contributed by atoms with Crippen molar-refractivity contribution in [1.82, 2.24) is 9.97 Å². The zero-order valence-corrected chi connectivity index (χ0v) is 18.8. The molecule has 6 rings (SSSR count). The van der Waals surface area contributed by atoms with Crippen LogP contribution >= 0.6 is 22.7 Å². The van der Waals surface area contributed by atoms with E-state index in [0.717, 1.165) is 0 Å². The predicted molar refractivity (Wildman–Crippen MR) is 127 cm³/mol. The first-order valence-corrected chi connectivity index (χ1v) is 11.5. The molecule has 34 heavy (non-hydrogen) atoms. The number of nitrogens with zero attached hydrogens (tertiary/aromatic N) is 2. The molecule has 11 heteroatoms. The average molecular weight is 491 g/mol. The van der Waals surface area contributed by atoms with Gasteiger partial charge in [-0.3, -0.25) is 4.79 Å². The van der Waals surface area contributed by atoms with Crippen LogP contribution in [0.15, 0.2) is 79.1 Å². The number of rotatable bonds is 6. The maximum Gasteiger partial charge on any atom is 0.200 e. The second-order valence-corrected chi connectivity index (χ2v) is 9.13. The molecular weight excluding hydrogens is 476 g/mol. The minimum Gasteiger partial charge on any atom is -0.463 e. The van der Waals surface area contributed by atoms with Gasteiger partial charge in [0.05, 0.1) is 36.2 Å². The molecule has 0 aliphatic heterocycles. The van der Waals surface area contributed by atoms with Crippen LogP contribution in [-0.4, -0.2) is 15.8 Å². The molecule has 0 radical (unpaired) electrons. The molecule has 0 atom stereocenters. The largest absolute Gasteiger partial charge is 0.463 e. The first-order chi connectivity index (χ1) is 16.6. The highest BCUT2D eigenvalue weighted by Crippen LogP contribution is 2.43. The van der Waals surface area contributed by atoms with Crippen molar-refractivity contribution in [3.05, 3.63) is 72.6 Å². The Labute approximate surface area is 199 Å². The summed E-state index contributed by atoms with van der Waals surface area (Å²) in [6.07, 6.45) is 5.97. The predicted octanol–water partition coefficient (Wildman–Crippen LogP) is 6.04. The number of furan rings is 4. The van der Waals surface area contributed by atoms with Crippen LogP contribution < -0.4 is 11.5 Å². The lowest BCUT2D eigenvalue weighted by atomic mass is 10.0.